The summed E-state index contributed by atoms with van der Waals surface area (Å²) in [4.78, 5) is 118. The molecule has 0 aliphatic carbocycles. The van der Waals surface area contributed by atoms with Gasteiger partial charge >= 0.3 is 30.0 Å². The molecule has 450 valence electrons. The largest absolute Gasteiger partial charge is 0.457 e. The SMILES string of the molecule is CCCNC(=O)Nc1cccc(S(=O)(=O)Nc2cccc(C(CC(=O)ON)NC(=O)Nc3ccc(NC(=S)NCC(=O)N4CCC[C@H]4C(=O)N[C@H](C(=O)O[C@]4(CC)C(=O)OCc5c4cc4n(c5=O)Cc5cc6ccccc6nc5-4)C(C)C)cc3)c2)c1. The first-order valence-corrected chi connectivity index (χ1v) is 29.7. The van der Waals surface area contributed by atoms with Gasteiger partial charge in [0.05, 0.1) is 52.9 Å². The number of nitrogens with two attached hydrogens (primary N) is 1. The minimum Gasteiger partial charge on any atom is -0.457 e. The number of hydrogen-bond acceptors (Lipinski definition) is 16. The fraction of sp³-hybridized carbons (Fsp3) is 0.322. The van der Waals surface area contributed by atoms with E-state index in [2.05, 4.69) is 46.8 Å². The van der Waals surface area contributed by atoms with E-state index in [1.165, 1.54) is 47.4 Å². The van der Waals surface area contributed by atoms with Crippen LogP contribution in [0.1, 0.15) is 88.1 Å². The van der Waals surface area contributed by atoms with Gasteiger partial charge in [0.1, 0.15) is 18.7 Å². The van der Waals surface area contributed by atoms with Crippen molar-refractivity contribution in [1.82, 2.24) is 35.7 Å². The third-order valence-corrected chi connectivity index (χ3v) is 16.5. The number of thiocarbonyl (C=S) groups is 1. The molecule has 25 nitrogen and oxygen atoms in total. The Bertz CT molecular complexity index is 3840. The Balaban J connectivity index is 0.777. The number of para-hydroxylation sites is 1. The highest BCUT2D eigenvalue weighted by Gasteiger charge is 2.52. The van der Waals surface area contributed by atoms with Crippen LogP contribution in [-0.2, 0) is 67.1 Å². The predicted octanol–water partition coefficient (Wildman–Crippen LogP) is 5.75. The fourth-order valence-corrected chi connectivity index (χ4v) is 11.7. The van der Waals surface area contributed by atoms with Crippen LogP contribution < -0.4 is 53.4 Å². The zero-order chi connectivity index (χ0) is 61.5. The molecule has 5 heterocycles. The molecule has 6 aromatic rings. The molecule has 0 spiro atoms. The van der Waals surface area contributed by atoms with Gasteiger partial charge in [0, 0.05) is 52.4 Å². The molecule has 3 aliphatic rings. The summed E-state index contributed by atoms with van der Waals surface area (Å²) in [5.41, 5.74) is 1.99. The van der Waals surface area contributed by atoms with Crippen molar-refractivity contribution in [2.75, 3.05) is 40.3 Å². The number of nitrogens with zero attached hydrogens (tertiary/aromatic N) is 3. The summed E-state index contributed by atoms with van der Waals surface area (Å²) in [6, 6.07) is 24.6. The second-order valence-corrected chi connectivity index (χ2v) is 23.1. The molecule has 6 amide bonds. The van der Waals surface area contributed by atoms with Crippen molar-refractivity contribution in [3.63, 3.8) is 0 Å². The van der Waals surface area contributed by atoms with Crippen LogP contribution in [0.3, 0.4) is 0 Å². The molecule has 9 rings (SSSR count). The van der Waals surface area contributed by atoms with E-state index in [1.807, 2.05) is 37.3 Å². The maximum absolute atomic E-state index is 14.3. The zero-order valence-corrected chi connectivity index (χ0v) is 48.9. The molecular formula is C59H64N12O13S2. The van der Waals surface area contributed by atoms with Gasteiger partial charge in [-0.05, 0) is 122 Å². The number of likely N-dealkylation sites (tertiary alicyclic amines) is 1. The molecule has 2 aromatic heterocycles. The molecule has 0 saturated carbocycles. The average molecular weight is 1210 g/mol. The van der Waals surface area contributed by atoms with Gasteiger partial charge in [0.25, 0.3) is 15.6 Å². The highest BCUT2D eigenvalue weighted by molar-refractivity contribution is 7.92. The van der Waals surface area contributed by atoms with Gasteiger partial charge in [0.15, 0.2) is 5.11 Å². The van der Waals surface area contributed by atoms with Crippen molar-refractivity contribution in [2.24, 2.45) is 11.8 Å². The Morgan fingerprint density at radius 1 is 0.837 bits per heavy atom. The number of rotatable bonds is 20. The van der Waals surface area contributed by atoms with Crippen molar-refractivity contribution < 1.29 is 56.3 Å². The molecule has 86 heavy (non-hydrogen) atoms. The van der Waals surface area contributed by atoms with Gasteiger partial charge < -0.3 is 61.0 Å². The standard InChI is InChI=1S/C59H64N12O13S2/c1-5-23-61-56(78)64-39-14-10-16-41(27-39)86(80,81)69-40-15-9-13-35(26-40)45(29-49(73)84-60)67-57(79)63-37-19-21-38(22-20-37)65-58(85)62-30-48(72)70-24-11-18-46(70)52(74)68-50(33(3)4)54(76)83-59(6-2)43-28-47-51-36(25-34-12-7-8-17-44(34)66-51)31-71(47)53(75)42(43)32-82-55(59)77/h7-10,12-17,19-22,25-28,33,45-46,50,69H,5-6,11,18,23-24,29-32,60H2,1-4H3,(H,68,74)(H2,61,64,78)(H2,62,65,85)(H2,63,67,79)/t45?,46-,50-,59-/m0/s1. The lowest BCUT2D eigenvalue weighted by atomic mass is 9.85. The summed E-state index contributed by atoms with van der Waals surface area (Å²) >= 11 is 5.48. The third kappa shape index (κ3) is 13.5. The number of hydrogen-bond donors (Lipinski definition) is 9. The smallest absolute Gasteiger partial charge is 0.355 e. The normalized spacial score (nSPS) is 16.5. The number of carbonyl (C=O) groups excluding carboxylic acids is 7. The highest BCUT2D eigenvalue weighted by atomic mass is 32.2. The Kier molecular flexibility index (Phi) is 18.6. The summed E-state index contributed by atoms with van der Waals surface area (Å²) in [7, 11) is -4.19. The van der Waals surface area contributed by atoms with Gasteiger partial charge in [-0.15, -0.1) is 0 Å². The number of anilines is 4. The van der Waals surface area contributed by atoms with E-state index in [0.29, 0.717) is 54.1 Å². The number of nitrogens with one attached hydrogen (secondary N) is 8. The Morgan fingerprint density at radius 2 is 1.56 bits per heavy atom. The van der Waals surface area contributed by atoms with Crippen LogP contribution in [0, 0.1) is 5.92 Å². The maximum atomic E-state index is 14.3. The van der Waals surface area contributed by atoms with E-state index in [0.717, 1.165) is 16.5 Å². The second-order valence-electron chi connectivity index (χ2n) is 21.0. The monoisotopic (exact) mass is 1210 g/mol. The van der Waals surface area contributed by atoms with E-state index in [1.54, 1.807) is 61.7 Å². The fourth-order valence-electron chi connectivity index (χ4n) is 10.5. The third-order valence-electron chi connectivity index (χ3n) is 14.8. The first kappa shape index (κ1) is 61.1. The molecule has 3 aliphatic heterocycles. The molecule has 10 N–H and O–H groups in total. The molecule has 1 saturated heterocycles. The van der Waals surface area contributed by atoms with Gasteiger partial charge in [-0.25, -0.2) is 32.6 Å². The highest BCUT2D eigenvalue weighted by Crippen LogP contribution is 2.41. The van der Waals surface area contributed by atoms with Gasteiger partial charge in [-0.2, -0.15) is 5.90 Å². The Hall–Kier alpha value is -9.47. The molecule has 0 radical (unpaired) electrons. The number of urea groups is 2. The average Bonchev–Trinajstić information content (AvgIpc) is 1.60. The van der Waals surface area contributed by atoms with Crippen molar-refractivity contribution in [1.29, 1.82) is 0 Å². The molecule has 27 heteroatoms. The summed E-state index contributed by atoms with van der Waals surface area (Å²) in [6.45, 7) is 7.25. The van der Waals surface area contributed by atoms with Crippen molar-refractivity contribution in [2.45, 2.75) is 102 Å². The van der Waals surface area contributed by atoms with Crippen LogP contribution in [0.4, 0.5) is 32.3 Å². The van der Waals surface area contributed by atoms with E-state index < -0.39 is 93.4 Å². The number of pyridine rings is 2. The van der Waals surface area contributed by atoms with Crippen LogP contribution in [-0.4, -0.2) is 101 Å². The number of fused-ring (bicyclic) bond motifs is 5. The number of benzene rings is 4. The molecular weight excluding hydrogens is 1150 g/mol. The number of sulfonamides is 1. The summed E-state index contributed by atoms with van der Waals surface area (Å²) in [5.74, 6) is 0.880. The van der Waals surface area contributed by atoms with Crippen LogP contribution in [0.2, 0.25) is 0 Å². The van der Waals surface area contributed by atoms with Crippen molar-refractivity contribution >= 4 is 103 Å². The van der Waals surface area contributed by atoms with E-state index in [-0.39, 0.29) is 65.2 Å². The minimum absolute atomic E-state index is 0.0606. The molecule has 1 fully saturated rings. The topological polar surface area (TPSA) is 342 Å². The van der Waals surface area contributed by atoms with E-state index in [9.17, 15) is 46.8 Å². The Labute approximate surface area is 499 Å². The van der Waals surface area contributed by atoms with Crippen molar-refractivity contribution in [3.05, 3.63) is 142 Å². The Morgan fingerprint density at radius 3 is 2.29 bits per heavy atom. The number of cyclic esters (lactones) is 1. The lowest BCUT2D eigenvalue weighted by molar-refractivity contribution is -0.191. The van der Waals surface area contributed by atoms with Crippen LogP contribution >= 0.6 is 12.2 Å². The van der Waals surface area contributed by atoms with Gasteiger partial charge in [0.2, 0.25) is 17.4 Å². The number of carbonyl (C=O) groups is 7. The molecule has 0 bridgehead atoms. The number of esters is 2. The van der Waals surface area contributed by atoms with Crippen LogP contribution in [0.25, 0.3) is 22.3 Å². The van der Waals surface area contributed by atoms with Crippen LogP contribution in [0.5, 0.6) is 0 Å². The summed E-state index contributed by atoms with van der Waals surface area (Å²) in [5, 5.41) is 20.2. The first-order chi connectivity index (χ1) is 41.2. The predicted molar refractivity (Wildman–Crippen MR) is 321 cm³/mol. The van der Waals surface area contributed by atoms with Crippen molar-refractivity contribution in [3.8, 4) is 11.4 Å². The van der Waals surface area contributed by atoms with Gasteiger partial charge in [-0.3, -0.25) is 23.9 Å². The number of amides is 6. The summed E-state index contributed by atoms with van der Waals surface area (Å²) < 4.78 is 42.6. The first-order valence-electron chi connectivity index (χ1n) is 27.8. The van der Waals surface area contributed by atoms with E-state index in [4.69, 9.17) is 32.6 Å². The van der Waals surface area contributed by atoms with Gasteiger partial charge in [-0.1, -0.05) is 64.1 Å². The lowest BCUT2D eigenvalue weighted by Crippen LogP contribution is -2.56. The summed E-state index contributed by atoms with van der Waals surface area (Å²) in [6.07, 6.45) is 0.989. The minimum atomic E-state index is -4.19. The zero-order valence-electron chi connectivity index (χ0n) is 47.3. The maximum Gasteiger partial charge on any atom is 0.355 e. The number of aromatic nitrogens is 2. The molecule has 1 unspecified atom stereocenters. The quantitative estimate of drug-likeness (QED) is 0.0249. The lowest BCUT2D eigenvalue weighted by Gasteiger charge is -2.37. The van der Waals surface area contributed by atoms with Crippen LogP contribution in [0.15, 0.2) is 119 Å². The van der Waals surface area contributed by atoms with E-state index >= 15 is 0 Å². The molecule has 4 aromatic carbocycles. The molecule has 4 atom stereocenters. The second kappa shape index (κ2) is 26.2. The number of ether oxygens (including phenoxy) is 2.